The van der Waals surface area contributed by atoms with Crippen LogP contribution in [0.2, 0.25) is 0 Å². The van der Waals surface area contributed by atoms with E-state index in [0.29, 0.717) is 47.7 Å². The zero-order valence-corrected chi connectivity index (χ0v) is 47.3. The van der Waals surface area contributed by atoms with Crippen LogP contribution < -0.4 is 18.9 Å². The van der Waals surface area contributed by atoms with E-state index in [1.54, 1.807) is 0 Å². The van der Waals surface area contributed by atoms with E-state index in [1.807, 2.05) is 0 Å². The molecule has 0 bridgehead atoms. The van der Waals surface area contributed by atoms with Crippen molar-refractivity contribution in [3.63, 3.8) is 0 Å². The minimum absolute atomic E-state index is 0.157. The average molecular weight is 1040 g/mol. The quantitative estimate of drug-likeness (QED) is 0.0316. The van der Waals surface area contributed by atoms with E-state index in [1.165, 1.54) is 221 Å². The van der Waals surface area contributed by atoms with E-state index < -0.39 is 0 Å². The van der Waals surface area contributed by atoms with Gasteiger partial charge in [0.15, 0.2) is 35.6 Å². The second-order valence-corrected chi connectivity index (χ2v) is 24.3. The first-order valence-electron chi connectivity index (χ1n) is 29.7. The topological polar surface area (TPSA) is 71.1 Å². The zero-order chi connectivity index (χ0) is 51.3. The fourth-order valence-corrected chi connectivity index (χ4v) is 15.4. The van der Waals surface area contributed by atoms with Gasteiger partial charge in [-0.25, -0.2) is 0 Å². The molecule has 4 aliphatic rings. The second-order valence-electron chi connectivity index (χ2n) is 22.2. The number of hydrogen-bond acceptors (Lipinski definition) is 8. The fraction of sp³-hybridized carbons (Fsp3) is 0.576. The zero-order valence-electron chi connectivity index (χ0n) is 45.7. The molecule has 0 spiro atoms. The van der Waals surface area contributed by atoms with Crippen molar-refractivity contribution >= 4 is 35.2 Å². The van der Waals surface area contributed by atoms with Crippen molar-refractivity contribution in [1.29, 1.82) is 0 Å². The van der Waals surface area contributed by atoms with Crippen LogP contribution in [-0.2, 0) is 10.8 Å². The van der Waals surface area contributed by atoms with Crippen LogP contribution in [0.15, 0.2) is 48.5 Å². The van der Waals surface area contributed by atoms with E-state index in [2.05, 4.69) is 76.2 Å². The number of fused-ring (bicyclic) bond motifs is 8. The van der Waals surface area contributed by atoms with Gasteiger partial charge in [0.1, 0.15) is 36.2 Å². The summed E-state index contributed by atoms with van der Waals surface area (Å²) in [6.07, 6.45) is 36.7. The Bertz CT molecular complexity index is 2460. The molecule has 74 heavy (non-hydrogen) atoms. The molecule has 0 unspecified atom stereocenters. The number of hydrogen-bond donors (Lipinski definition) is 0. The Kier molecular flexibility index (Phi) is 19.2. The number of thiophene rings is 2. The van der Waals surface area contributed by atoms with Crippen LogP contribution in [0.3, 0.4) is 0 Å². The number of rotatable bonds is 32. The maximum absolute atomic E-state index is 12.5. The highest BCUT2D eigenvalue weighted by Crippen LogP contribution is 2.63. The summed E-state index contributed by atoms with van der Waals surface area (Å²) < 4.78 is 24.9. The van der Waals surface area contributed by atoms with Crippen LogP contribution in [0.5, 0.6) is 23.0 Å². The van der Waals surface area contributed by atoms with Crippen molar-refractivity contribution in [2.45, 2.75) is 218 Å². The minimum Gasteiger partial charge on any atom is -0.485 e. The average Bonchev–Trinajstić information content (AvgIpc) is 4.15. The van der Waals surface area contributed by atoms with Crippen LogP contribution >= 0.6 is 22.7 Å². The molecule has 4 heterocycles. The van der Waals surface area contributed by atoms with E-state index in [-0.39, 0.29) is 10.8 Å². The molecule has 8 heteroatoms. The number of benzene rings is 3. The van der Waals surface area contributed by atoms with Gasteiger partial charge < -0.3 is 18.9 Å². The molecule has 3 aromatic carbocycles. The van der Waals surface area contributed by atoms with Gasteiger partial charge in [-0.05, 0) is 106 Å². The smallest absolute Gasteiger partial charge is 0.183 e. The molecule has 2 aromatic heterocycles. The summed E-state index contributed by atoms with van der Waals surface area (Å²) in [6.45, 7) is 11.1. The lowest BCUT2D eigenvalue weighted by Crippen LogP contribution is -2.27. The Morgan fingerprint density at radius 2 is 0.676 bits per heavy atom. The summed E-state index contributed by atoms with van der Waals surface area (Å²) in [5, 5.41) is 0. The summed E-state index contributed by atoms with van der Waals surface area (Å²) in [7, 11) is 0. The van der Waals surface area contributed by atoms with Crippen LogP contribution in [0.4, 0.5) is 0 Å². The van der Waals surface area contributed by atoms with Gasteiger partial charge in [0.25, 0.3) is 0 Å². The monoisotopic (exact) mass is 1040 g/mol. The molecule has 9 rings (SSSR count). The van der Waals surface area contributed by atoms with Crippen molar-refractivity contribution in [2.24, 2.45) is 0 Å². The largest absolute Gasteiger partial charge is 0.485 e. The summed E-state index contributed by atoms with van der Waals surface area (Å²) in [6, 6.07) is 20.0. The number of aldehydes is 2. The highest BCUT2D eigenvalue weighted by molar-refractivity contribution is 7.18. The van der Waals surface area contributed by atoms with Gasteiger partial charge in [0.2, 0.25) is 0 Å². The maximum atomic E-state index is 12.5. The lowest BCUT2D eigenvalue weighted by molar-refractivity contribution is 0.110. The Hall–Kier alpha value is -4.40. The van der Waals surface area contributed by atoms with E-state index >= 15 is 0 Å². The lowest BCUT2D eigenvalue weighted by Gasteiger charge is -2.35. The normalized spacial score (nSPS) is 15.2. The van der Waals surface area contributed by atoms with Crippen LogP contribution in [0.1, 0.15) is 249 Å². The molecule has 398 valence electrons. The third-order valence-electron chi connectivity index (χ3n) is 17.3. The molecule has 0 N–H and O–H groups in total. The highest BCUT2D eigenvalue weighted by atomic mass is 32.1. The summed E-state index contributed by atoms with van der Waals surface area (Å²) in [5.74, 6) is 2.67. The summed E-state index contributed by atoms with van der Waals surface area (Å²) in [5.41, 5.74) is 13.5. The van der Waals surface area contributed by atoms with Crippen LogP contribution in [0.25, 0.3) is 43.1 Å². The Morgan fingerprint density at radius 3 is 1.00 bits per heavy atom. The fourth-order valence-electron chi connectivity index (χ4n) is 13.4. The van der Waals surface area contributed by atoms with Gasteiger partial charge in [-0.15, -0.1) is 22.7 Å². The van der Waals surface area contributed by atoms with Gasteiger partial charge in [0.05, 0.1) is 9.75 Å². The second kappa shape index (κ2) is 26.1. The van der Waals surface area contributed by atoms with Crippen molar-refractivity contribution in [1.82, 2.24) is 0 Å². The molecular weight excluding hydrogens is 953 g/mol. The first kappa shape index (κ1) is 54.4. The SMILES string of the molecule is CCCCCCCCC1(CCCCCCCC)c2cc(-c3sc(C=O)c4c3OCCO4)ccc2-c2cc3c(cc21)-c1ccc(-c2sc(C=O)c4c2OCCO4)cc1C3(CCCCCCCC)CCCCCCCC. The van der Waals surface area contributed by atoms with Gasteiger partial charge in [0, 0.05) is 10.8 Å². The van der Waals surface area contributed by atoms with E-state index in [4.69, 9.17) is 18.9 Å². The molecule has 0 radical (unpaired) electrons. The third-order valence-corrected chi connectivity index (χ3v) is 19.5. The minimum atomic E-state index is -0.157. The van der Waals surface area contributed by atoms with Crippen LogP contribution in [-0.4, -0.2) is 39.0 Å². The van der Waals surface area contributed by atoms with E-state index in [9.17, 15) is 9.59 Å². The predicted octanol–water partition coefficient (Wildman–Crippen LogP) is 19.8. The predicted molar refractivity (Wildman–Crippen MR) is 310 cm³/mol. The Balaban J connectivity index is 1.22. The third kappa shape index (κ3) is 11.2. The van der Waals surface area contributed by atoms with Gasteiger partial charge in [-0.2, -0.15) is 0 Å². The molecule has 0 fully saturated rings. The van der Waals surface area contributed by atoms with Crippen molar-refractivity contribution in [3.05, 3.63) is 80.5 Å². The lowest BCUT2D eigenvalue weighted by atomic mass is 9.68. The highest BCUT2D eigenvalue weighted by Gasteiger charge is 2.48. The number of ether oxygens (including phenoxy) is 4. The van der Waals surface area contributed by atoms with Gasteiger partial charge >= 0.3 is 0 Å². The van der Waals surface area contributed by atoms with Gasteiger partial charge in [-0.3, -0.25) is 9.59 Å². The van der Waals surface area contributed by atoms with Crippen molar-refractivity contribution < 1.29 is 28.5 Å². The van der Waals surface area contributed by atoms with E-state index in [0.717, 1.165) is 70.6 Å². The van der Waals surface area contributed by atoms with Crippen molar-refractivity contribution in [2.75, 3.05) is 26.4 Å². The first-order chi connectivity index (χ1) is 36.5. The first-order valence-corrected chi connectivity index (χ1v) is 31.3. The van der Waals surface area contributed by atoms with Crippen LogP contribution in [0, 0.1) is 0 Å². The molecule has 2 aliphatic heterocycles. The molecule has 6 nitrogen and oxygen atoms in total. The Labute approximate surface area is 452 Å². The summed E-state index contributed by atoms with van der Waals surface area (Å²) in [4.78, 5) is 28.2. The molecular formula is C66H86O6S2. The number of carbonyl (C=O) groups excluding carboxylic acids is 2. The van der Waals surface area contributed by atoms with Gasteiger partial charge in [-0.1, -0.05) is 206 Å². The molecule has 0 amide bonds. The Morgan fingerprint density at radius 1 is 0.378 bits per heavy atom. The van der Waals surface area contributed by atoms with Crippen molar-refractivity contribution in [3.8, 4) is 66.1 Å². The maximum Gasteiger partial charge on any atom is 0.183 e. The molecule has 5 aromatic rings. The molecule has 2 aliphatic carbocycles. The standard InChI is InChI=1S/C66H86O6S2/c1-5-9-13-17-21-25-33-65(34-26-22-18-14-10-6-2)53-41-47(63-61-59(57(45-67)73-63)69-37-39-71-61)29-31-49(53)51-44-56-52(43-55(51)65)50-32-30-48(64-62-60(58(46-68)74-64)70-38-40-72-62)42-54(50)66(56,35-27-23-19-15-11-7-3)36-28-24-20-16-12-8-4/h29-32,41-46H,5-28,33-40H2,1-4H3. The molecule has 0 saturated carbocycles. The molecule has 0 saturated heterocycles. The number of carbonyl (C=O) groups is 2. The number of unbranched alkanes of at least 4 members (excludes halogenated alkanes) is 20. The molecule has 0 atom stereocenters. The summed E-state index contributed by atoms with van der Waals surface area (Å²) >= 11 is 3.03.